The van der Waals surface area contributed by atoms with E-state index in [1.807, 2.05) is 42.9 Å². The zero-order valence-corrected chi connectivity index (χ0v) is 13.6. The van der Waals surface area contributed by atoms with E-state index in [9.17, 15) is 4.79 Å². The van der Waals surface area contributed by atoms with E-state index in [2.05, 4.69) is 31.9 Å². The second-order valence-corrected chi connectivity index (χ2v) is 5.74. The summed E-state index contributed by atoms with van der Waals surface area (Å²) in [7, 11) is 1.93. The van der Waals surface area contributed by atoms with E-state index in [0.29, 0.717) is 6.54 Å². The molecule has 0 radical (unpaired) electrons. The predicted molar refractivity (Wildman–Crippen MR) is 88.9 cm³/mol. The summed E-state index contributed by atoms with van der Waals surface area (Å²) in [5.41, 5.74) is 1.20. The van der Waals surface area contributed by atoms with E-state index < -0.39 is 0 Å². The van der Waals surface area contributed by atoms with E-state index in [1.165, 1.54) is 5.56 Å². The van der Waals surface area contributed by atoms with Crippen LogP contribution in [0.5, 0.6) is 0 Å². The molecule has 2 rings (SSSR count). The summed E-state index contributed by atoms with van der Waals surface area (Å²) in [4.78, 5) is 16.0. The van der Waals surface area contributed by atoms with Crippen LogP contribution in [0.25, 0.3) is 0 Å². The van der Waals surface area contributed by atoms with Crippen LogP contribution in [0.15, 0.2) is 42.7 Å². The van der Waals surface area contributed by atoms with Crippen molar-refractivity contribution < 1.29 is 4.79 Å². The molecule has 1 aromatic carbocycles. The number of rotatable bonds is 7. The summed E-state index contributed by atoms with van der Waals surface area (Å²) in [6.45, 7) is 2.56. The highest BCUT2D eigenvalue weighted by Crippen LogP contribution is 2.03. The van der Waals surface area contributed by atoms with Crippen molar-refractivity contribution in [3.63, 3.8) is 0 Å². The highest BCUT2D eigenvalue weighted by atomic mass is 32.2. The van der Waals surface area contributed by atoms with Gasteiger partial charge in [0.15, 0.2) is 0 Å². The average molecular weight is 319 g/mol. The number of imidazole rings is 1. The third-order valence-electron chi connectivity index (χ3n) is 3.13. The SMILES string of the molecule is CC(Cc1ccccc1)NC(=O)NSNCc1nccn1C. The van der Waals surface area contributed by atoms with E-state index >= 15 is 0 Å². The first-order chi connectivity index (χ1) is 10.6. The number of nitrogens with zero attached hydrogens (tertiary/aromatic N) is 2. The number of aromatic nitrogens is 2. The number of amides is 2. The van der Waals surface area contributed by atoms with Crippen molar-refractivity contribution in [2.45, 2.75) is 25.9 Å². The number of nitrogens with one attached hydrogen (secondary N) is 3. The Labute approximate surface area is 135 Å². The van der Waals surface area contributed by atoms with E-state index in [1.54, 1.807) is 6.20 Å². The van der Waals surface area contributed by atoms with Crippen molar-refractivity contribution in [3.8, 4) is 0 Å². The summed E-state index contributed by atoms with van der Waals surface area (Å²) in [6, 6.07) is 9.95. The molecule has 2 aromatic rings. The molecule has 0 fully saturated rings. The zero-order chi connectivity index (χ0) is 15.8. The minimum atomic E-state index is -0.208. The molecule has 0 aliphatic carbocycles. The van der Waals surface area contributed by atoms with Crippen LogP contribution >= 0.6 is 12.1 Å². The molecule has 22 heavy (non-hydrogen) atoms. The van der Waals surface area contributed by atoms with E-state index in [4.69, 9.17) is 0 Å². The number of carbonyl (C=O) groups excluding carboxylic acids is 1. The fourth-order valence-corrected chi connectivity index (χ4v) is 2.45. The van der Waals surface area contributed by atoms with Crippen LogP contribution in [0.3, 0.4) is 0 Å². The molecular formula is C15H21N5OS. The molecular weight excluding hydrogens is 298 g/mol. The van der Waals surface area contributed by atoms with Crippen LogP contribution in [-0.2, 0) is 20.0 Å². The Hall–Kier alpha value is -1.99. The summed E-state index contributed by atoms with van der Waals surface area (Å²) >= 11 is 1.15. The monoisotopic (exact) mass is 319 g/mol. The van der Waals surface area contributed by atoms with Crippen molar-refractivity contribution >= 4 is 18.2 Å². The molecule has 1 aromatic heterocycles. The van der Waals surface area contributed by atoms with Gasteiger partial charge in [0.1, 0.15) is 5.82 Å². The van der Waals surface area contributed by atoms with Crippen LogP contribution in [0.2, 0.25) is 0 Å². The second kappa shape index (κ2) is 8.45. The zero-order valence-electron chi connectivity index (χ0n) is 12.7. The molecule has 0 saturated carbocycles. The maximum atomic E-state index is 11.8. The van der Waals surface area contributed by atoms with Gasteiger partial charge in [-0.25, -0.2) is 14.5 Å². The fourth-order valence-electron chi connectivity index (χ4n) is 2.02. The molecule has 3 N–H and O–H groups in total. The van der Waals surface area contributed by atoms with E-state index in [-0.39, 0.29) is 12.1 Å². The fraction of sp³-hybridized carbons (Fsp3) is 0.333. The van der Waals surface area contributed by atoms with Gasteiger partial charge in [0, 0.05) is 37.6 Å². The summed E-state index contributed by atoms with van der Waals surface area (Å²) in [5, 5.41) is 2.90. The first-order valence-corrected chi connectivity index (χ1v) is 7.92. The summed E-state index contributed by atoms with van der Waals surface area (Å²) in [5.74, 6) is 0.909. The van der Waals surface area contributed by atoms with Crippen LogP contribution in [-0.4, -0.2) is 21.6 Å². The van der Waals surface area contributed by atoms with Crippen molar-refractivity contribution in [1.82, 2.24) is 24.3 Å². The second-order valence-electron chi connectivity index (χ2n) is 5.04. The van der Waals surface area contributed by atoms with Gasteiger partial charge in [0.25, 0.3) is 0 Å². The quantitative estimate of drug-likeness (QED) is 0.539. The lowest BCUT2D eigenvalue weighted by atomic mass is 10.1. The van der Waals surface area contributed by atoms with Gasteiger partial charge in [-0.3, -0.25) is 4.72 Å². The first-order valence-electron chi connectivity index (χ1n) is 7.10. The Balaban J connectivity index is 1.62. The average Bonchev–Trinajstić information content (AvgIpc) is 2.90. The number of aryl methyl sites for hydroxylation is 1. The molecule has 118 valence electrons. The third kappa shape index (κ3) is 5.42. The van der Waals surface area contributed by atoms with Crippen molar-refractivity contribution in [3.05, 3.63) is 54.1 Å². The van der Waals surface area contributed by atoms with Crippen molar-refractivity contribution in [1.29, 1.82) is 0 Å². The molecule has 7 heteroatoms. The topological polar surface area (TPSA) is 71.0 Å². The first kappa shape index (κ1) is 16.4. The number of urea groups is 1. The standard InChI is InChI=1S/C15H21N5OS/c1-12(10-13-6-4-3-5-7-13)18-15(21)19-22-17-11-14-16-8-9-20(14)2/h3-9,12,17H,10-11H2,1-2H3,(H2,18,19,21). The predicted octanol–water partition coefficient (Wildman–Crippen LogP) is 2.00. The lowest BCUT2D eigenvalue weighted by Crippen LogP contribution is -2.40. The number of benzene rings is 1. The van der Waals surface area contributed by atoms with Gasteiger partial charge in [0.05, 0.1) is 6.54 Å². The summed E-state index contributed by atoms with van der Waals surface area (Å²) < 4.78 is 7.67. The van der Waals surface area contributed by atoms with Gasteiger partial charge < -0.3 is 9.88 Å². The maximum Gasteiger partial charge on any atom is 0.325 e. The van der Waals surface area contributed by atoms with Crippen LogP contribution in [0, 0.1) is 0 Å². The molecule has 1 unspecified atom stereocenters. The number of hydrogen-bond acceptors (Lipinski definition) is 4. The van der Waals surface area contributed by atoms with Gasteiger partial charge >= 0.3 is 6.03 Å². The molecule has 6 nitrogen and oxygen atoms in total. The normalized spacial score (nSPS) is 11.9. The Bertz CT molecular complexity index is 587. The molecule has 1 heterocycles. The van der Waals surface area contributed by atoms with Crippen LogP contribution < -0.4 is 14.8 Å². The lowest BCUT2D eigenvalue weighted by molar-refractivity contribution is 0.243. The molecule has 0 saturated heterocycles. The lowest BCUT2D eigenvalue weighted by Gasteiger charge is -2.14. The Morgan fingerprint density at radius 2 is 2.14 bits per heavy atom. The van der Waals surface area contributed by atoms with Crippen LogP contribution in [0.4, 0.5) is 4.79 Å². The largest absolute Gasteiger partial charge is 0.337 e. The maximum absolute atomic E-state index is 11.8. The summed E-state index contributed by atoms with van der Waals surface area (Å²) in [6.07, 6.45) is 4.43. The Kier molecular flexibility index (Phi) is 6.29. The smallest absolute Gasteiger partial charge is 0.325 e. The molecule has 0 spiro atoms. The van der Waals surface area contributed by atoms with Gasteiger partial charge in [-0.1, -0.05) is 30.3 Å². The van der Waals surface area contributed by atoms with Crippen molar-refractivity contribution in [2.24, 2.45) is 7.05 Å². The van der Waals surface area contributed by atoms with E-state index in [0.717, 1.165) is 24.4 Å². The van der Waals surface area contributed by atoms with Gasteiger partial charge in [0.2, 0.25) is 0 Å². The molecule has 1 atom stereocenters. The minimum Gasteiger partial charge on any atom is -0.337 e. The molecule has 2 amide bonds. The molecule has 0 aliphatic heterocycles. The van der Waals surface area contributed by atoms with Gasteiger partial charge in [-0.15, -0.1) is 0 Å². The van der Waals surface area contributed by atoms with Gasteiger partial charge in [-0.05, 0) is 18.9 Å². The van der Waals surface area contributed by atoms with Crippen molar-refractivity contribution in [2.75, 3.05) is 0 Å². The highest BCUT2D eigenvalue weighted by Gasteiger charge is 2.07. The molecule has 0 bridgehead atoms. The highest BCUT2D eigenvalue weighted by molar-refractivity contribution is 7.96. The Morgan fingerprint density at radius 1 is 1.36 bits per heavy atom. The third-order valence-corrected chi connectivity index (χ3v) is 3.71. The number of carbonyl (C=O) groups is 1. The Morgan fingerprint density at radius 3 is 2.82 bits per heavy atom. The van der Waals surface area contributed by atoms with Gasteiger partial charge in [-0.2, -0.15) is 0 Å². The minimum absolute atomic E-state index is 0.0672. The van der Waals surface area contributed by atoms with Crippen LogP contribution in [0.1, 0.15) is 18.3 Å². The number of hydrogen-bond donors (Lipinski definition) is 3. The molecule has 0 aliphatic rings.